The molecule has 0 aliphatic carbocycles. The first kappa shape index (κ1) is 15.5. The van der Waals surface area contributed by atoms with Crippen molar-refractivity contribution >= 4 is 34.6 Å². The summed E-state index contributed by atoms with van der Waals surface area (Å²) in [5.74, 6) is -0.539. The molecule has 0 atom stereocenters. The Bertz CT molecular complexity index is 927. The van der Waals surface area contributed by atoms with Crippen LogP contribution in [0.3, 0.4) is 0 Å². The lowest BCUT2D eigenvalue weighted by molar-refractivity contribution is -0.114. The summed E-state index contributed by atoms with van der Waals surface area (Å²) in [6.07, 6.45) is 3.42. The molecule has 0 aliphatic rings. The average Bonchev–Trinajstić information content (AvgIpc) is 2.98. The summed E-state index contributed by atoms with van der Waals surface area (Å²) in [5, 5.41) is 7.67. The molecular weight excluding hydrogens is 304 g/mol. The van der Waals surface area contributed by atoms with E-state index in [9.17, 15) is 9.59 Å². The van der Waals surface area contributed by atoms with Crippen LogP contribution < -0.4 is 10.7 Å². The van der Waals surface area contributed by atoms with E-state index in [-0.39, 0.29) is 11.8 Å². The van der Waals surface area contributed by atoms with Crippen molar-refractivity contribution in [2.24, 2.45) is 5.10 Å². The topological polar surface area (TPSA) is 86.3 Å². The number of aromatic amines is 1. The third-order valence-electron chi connectivity index (χ3n) is 3.44. The summed E-state index contributed by atoms with van der Waals surface area (Å²) < 4.78 is 0. The van der Waals surface area contributed by atoms with Crippen molar-refractivity contribution in [1.29, 1.82) is 0 Å². The molecule has 0 aliphatic heterocycles. The van der Waals surface area contributed by atoms with Crippen LogP contribution in [0.5, 0.6) is 0 Å². The van der Waals surface area contributed by atoms with E-state index in [1.54, 1.807) is 30.5 Å². The van der Waals surface area contributed by atoms with Crippen LogP contribution in [-0.2, 0) is 4.79 Å². The Morgan fingerprint density at radius 3 is 2.79 bits per heavy atom. The lowest BCUT2D eigenvalue weighted by Gasteiger charge is -2.04. The van der Waals surface area contributed by atoms with Gasteiger partial charge in [-0.3, -0.25) is 9.59 Å². The fraction of sp³-hybridized carbons (Fsp3) is 0.0556. The van der Waals surface area contributed by atoms with Gasteiger partial charge in [-0.15, -0.1) is 0 Å². The van der Waals surface area contributed by atoms with Crippen LogP contribution in [0.1, 0.15) is 22.8 Å². The molecule has 24 heavy (non-hydrogen) atoms. The molecule has 120 valence electrons. The smallest absolute Gasteiger partial charge is 0.271 e. The minimum Gasteiger partial charge on any atom is -0.361 e. The first-order valence-corrected chi connectivity index (χ1v) is 7.40. The number of carbonyl (C=O) groups is 2. The van der Waals surface area contributed by atoms with Crippen LogP contribution >= 0.6 is 0 Å². The normalized spacial score (nSPS) is 10.9. The number of carbonyl (C=O) groups excluding carboxylic acids is 2. The van der Waals surface area contributed by atoms with E-state index < -0.39 is 0 Å². The Labute approximate surface area is 138 Å². The second kappa shape index (κ2) is 6.78. The van der Waals surface area contributed by atoms with Crippen LogP contribution in [0.2, 0.25) is 0 Å². The molecule has 0 spiro atoms. The fourth-order valence-electron chi connectivity index (χ4n) is 2.37. The molecule has 6 heteroatoms. The van der Waals surface area contributed by atoms with E-state index in [4.69, 9.17) is 0 Å². The van der Waals surface area contributed by atoms with E-state index in [1.165, 1.54) is 6.92 Å². The summed E-state index contributed by atoms with van der Waals surface area (Å²) in [5.41, 5.74) is 5.36. The van der Waals surface area contributed by atoms with Gasteiger partial charge < -0.3 is 10.3 Å². The predicted octanol–water partition coefficient (Wildman–Crippen LogP) is 2.89. The zero-order valence-electron chi connectivity index (χ0n) is 13.0. The van der Waals surface area contributed by atoms with E-state index in [0.717, 1.165) is 16.5 Å². The number of rotatable bonds is 4. The van der Waals surface area contributed by atoms with Gasteiger partial charge in [-0.25, -0.2) is 5.43 Å². The van der Waals surface area contributed by atoms with E-state index in [2.05, 4.69) is 20.8 Å². The minimum atomic E-state index is -0.349. The van der Waals surface area contributed by atoms with E-state index >= 15 is 0 Å². The highest BCUT2D eigenvalue weighted by molar-refractivity contribution is 6.00. The van der Waals surface area contributed by atoms with Gasteiger partial charge >= 0.3 is 0 Å². The van der Waals surface area contributed by atoms with Crippen molar-refractivity contribution in [3.8, 4) is 0 Å². The highest BCUT2D eigenvalue weighted by Gasteiger charge is 2.06. The third kappa shape index (κ3) is 3.49. The summed E-state index contributed by atoms with van der Waals surface area (Å²) in [6.45, 7) is 1.41. The number of anilines is 1. The molecule has 1 aromatic heterocycles. The molecule has 0 unspecified atom stereocenters. The Balaban J connectivity index is 1.70. The van der Waals surface area contributed by atoms with Crippen molar-refractivity contribution < 1.29 is 9.59 Å². The van der Waals surface area contributed by atoms with Gasteiger partial charge in [0.25, 0.3) is 5.91 Å². The monoisotopic (exact) mass is 320 g/mol. The van der Waals surface area contributed by atoms with Crippen molar-refractivity contribution in [2.75, 3.05) is 5.32 Å². The number of fused-ring (bicyclic) bond motifs is 1. The second-order valence-electron chi connectivity index (χ2n) is 5.25. The highest BCUT2D eigenvalue weighted by Crippen LogP contribution is 2.15. The number of hydrazone groups is 1. The van der Waals surface area contributed by atoms with Gasteiger partial charge in [-0.2, -0.15) is 5.10 Å². The quantitative estimate of drug-likeness (QED) is 0.510. The molecule has 0 saturated carbocycles. The number of amides is 2. The van der Waals surface area contributed by atoms with Gasteiger partial charge in [0.2, 0.25) is 5.91 Å². The molecule has 3 rings (SSSR count). The first-order chi connectivity index (χ1) is 11.6. The minimum absolute atomic E-state index is 0.190. The van der Waals surface area contributed by atoms with Crippen molar-refractivity contribution in [3.63, 3.8) is 0 Å². The Hall–Kier alpha value is -3.41. The first-order valence-electron chi connectivity index (χ1n) is 7.40. The molecule has 1 heterocycles. The Morgan fingerprint density at radius 1 is 1.12 bits per heavy atom. The van der Waals surface area contributed by atoms with Crippen LogP contribution in [0.15, 0.2) is 59.8 Å². The van der Waals surface area contributed by atoms with Crippen molar-refractivity contribution in [3.05, 3.63) is 65.9 Å². The Kier molecular flexibility index (Phi) is 4.38. The van der Waals surface area contributed by atoms with Crippen molar-refractivity contribution in [1.82, 2.24) is 10.4 Å². The predicted molar refractivity (Wildman–Crippen MR) is 94.1 cm³/mol. The molecule has 0 bridgehead atoms. The Morgan fingerprint density at radius 2 is 1.96 bits per heavy atom. The van der Waals surface area contributed by atoms with Gasteiger partial charge in [-0.05, 0) is 24.3 Å². The zero-order chi connectivity index (χ0) is 16.9. The lowest BCUT2D eigenvalue weighted by atomic mass is 10.2. The largest absolute Gasteiger partial charge is 0.361 e. The molecule has 0 fully saturated rings. The van der Waals surface area contributed by atoms with Gasteiger partial charge in [0.1, 0.15) is 0 Å². The summed E-state index contributed by atoms with van der Waals surface area (Å²) >= 11 is 0. The molecular formula is C18H16N4O2. The van der Waals surface area contributed by atoms with Crippen LogP contribution in [0, 0.1) is 0 Å². The number of hydrogen-bond donors (Lipinski definition) is 3. The number of nitrogens with one attached hydrogen (secondary N) is 3. The second-order valence-corrected chi connectivity index (χ2v) is 5.25. The molecule has 3 aromatic rings. The number of H-pyrrole nitrogens is 1. The van der Waals surface area contributed by atoms with Gasteiger partial charge in [0.05, 0.1) is 6.21 Å². The third-order valence-corrected chi connectivity index (χ3v) is 3.44. The maximum absolute atomic E-state index is 12.1. The zero-order valence-corrected chi connectivity index (χ0v) is 13.0. The molecule has 3 N–H and O–H groups in total. The number of para-hydroxylation sites is 1. The highest BCUT2D eigenvalue weighted by atomic mass is 16.2. The number of aromatic nitrogens is 1. The SMILES string of the molecule is CC(=O)Nc1cccc(C(=O)N/N=C/c2c[nH]c3ccccc23)c1. The van der Waals surface area contributed by atoms with E-state index in [1.807, 2.05) is 30.5 Å². The summed E-state index contributed by atoms with van der Waals surface area (Å²) in [4.78, 5) is 26.3. The molecule has 2 amide bonds. The maximum atomic E-state index is 12.1. The molecule has 0 radical (unpaired) electrons. The molecule has 6 nitrogen and oxygen atoms in total. The van der Waals surface area contributed by atoms with Crippen LogP contribution in [-0.4, -0.2) is 23.0 Å². The summed E-state index contributed by atoms with van der Waals surface area (Å²) in [6, 6.07) is 14.5. The van der Waals surface area contributed by atoms with E-state index in [0.29, 0.717) is 11.3 Å². The fourth-order valence-corrected chi connectivity index (χ4v) is 2.37. The molecule has 0 saturated heterocycles. The number of hydrogen-bond acceptors (Lipinski definition) is 3. The van der Waals surface area contributed by atoms with Gasteiger partial charge in [0, 0.05) is 40.8 Å². The van der Waals surface area contributed by atoms with Crippen LogP contribution in [0.4, 0.5) is 5.69 Å². The lowest BCUT2D eigenvalue weighted by Crippen LogP contribution is -2.18. The van der Waals surface area contributed by atoms with Gasteiger partial charge in [0.15, 0.2) is 0 Å². The number of nitrogens with zero attached hydrogens (tertiary/aromatic N) is 1. The van der Waals surface area contributed by atoms with Crippen molar-refractivity contribution in [2.45, 2.75) is 6.92 Å². The number of benzene rings is 2. The average molecular weight is 320 g/mol. The van der Waals surface area contributed by atoms with Crippen LogP contribution in [0.25, 0.3) is 10.9 Å². The van der Waals surface area contributed by atoms with Gasteiger partial charge in [-0.1, -0.05) is 24.3 Å². The maximum Gasteiger partial charge on any atom is 0.271 e. The standard InChI is InChI=1S/C18H16N4O2/c1-12(23)21-15-6-4-5-13(9-15)18(24)22-20-11-14-10-19-17-8-3-2-7-16(14)17/h2-11,19H,1H3,(H,21,23)(H,22,24)/b20-11+. The molecule has 2 aromatic carbocycles. The summed E-state index contributed by atoms with van der Waals surface area (Å²) in [7, 11) is 0.